The van der Waals surface area contributed by atoms with E-state index >= 15 is 0 Å². The van der Waals surface area contributed by atoms with E-state index in [9.17, 15) is 4.79 Å². The van der Waals surface area contributed by atoms with Gasteiger partial charge in [0.15, 0.2) is 0 Å². The zero-order valence-electron chi connectivity index (χ0n) is 11.0. The number of aromatic carboxylic acids is 1. The summed E-state index contributed by atoms with van der Waals surface area (Å²) < 4.78 is 2.63. The fourth-order valence-electron chi connectivity index (χ4n) is 2.30. The molecule has 106 valence electrons. The number of aromatic nitrogens is 2. The summed E-state index contributed by atoms with van der Waals surface area (Å²) in [4.78, 5) is 15.6. The molecule has 0 atom stereocenters. The van der Waals surface area contributed by atoms with Crippen LogP contribution in [0.3, 0.4) is 0 Å². The Morgan fingerprint density at radius 3 is 2.81 bits per heavy atom. The lowest BCUT2D eigenvalue weighted by Crippen LogP contribution is -2.00. The first-order valence-corrected chi connectivity index (χ1v) is 7.33. The number of imidazole rings is 1. The number of fused-ring (bicyclic) bond motifs is 1. The molecule has 0 fully saturated rings. The molecule has 0 unspecified atom stereocenters. The molecule has 0 aliphatic heterocycles. The number of hydrogen-bond donors (Lipinski definition) is 1. The smallest absolute Gasteiger partial charge is 0.335 e. The van der Waals surface area contributed by atoms with Gasteiger partial charge in [0.2, 0.25) is 0 Å². The van der Waals surface area contributed by atoms with Gasteiger partial charge in [-0.25, -0.2) is 9.78 Å². The van der Waals surface area contributed by atoms with Crippen molar-refractivity contribution in [1.82, 2.24) is 9.55 Å². The Labute approximate surface area is 134 Å². The third kappa shape index (κ3) is 2.32. The molecular weight excluding hydrogens is 356 g/mol. The summed E-state index contributed by atoms with van der Waals surface area (Å²) in [6.07, 6.45) is 0. The highest BCUT2D eigenvalue weighted by atomic mass is 79.9. The van der Waals surface area contributed by atoms with E-state index in [4.69, 9.17) is 16.7 Å². The van der Waals surface area contributed by atoms with E-state index < -0.39 is 5.97 Å². The number of benzene rings is 2. The molecule has 4 nitrogen and oxygen atoms in total. The molecule has 0 radical (unpaired) electrons. The Morgan fingerprint density at radius 1 is 1.33 bits per heavy atom. The lowest BCUT2D eigenvalue weighted by atomic mass is 10.2. The van der Waals surface area contributed by atoms with Crippen molar-refractivity contribution >= 4 is 44.5 Å². The average Bonchev–Trinajstić information content (AvgIpc) is 2.77. The summed E-state index contributed by atoms with van der Waals surface area (Å²) in [5.41, 5.74) is 2.52. The van der Waals surface area contributed by atoms with Gasteiger partial charge in [-0.15, -0.1) is 0 Å². The maximum Gasteiger partial charge on any atom is 0.335 e. The quantitative estimate of drug-likeness (QED) is 0.730. The third-order valence-electron chi connectivity index (χ3n) is 3.24. The highest BCUT2D eigenvalue weighted by Crippen LogP contribution is 2.32. The Kier molecular flexibility index (Phi) is 3.47. The van der Waals surface area contributed by atoms with Crippen molar-refractivity contribution in [3.05, 3.63) is 57.3 Å². The van der Waals surface area contributed by atoms with Crippen LogP contribution in [0.5, 0.6) is 0 Å². The number of carboxylic acids is 1. The van der Waals surface area contributed by atoms with Crippen LogP contribution in [0.25, 0.3) is 16.7 Å². The minimum atomic E-state index is -0.965. The monoisotopic (exact) mass is 364 g/mol. The molecule has 1 N–H and O–H groups in total. The number of halogens is 2. The molecular formula is C15H10BrClN2O2. The number of carboxylic acid groups (broad SMARTS) is 1. The van der Waals surface area contributed by atoms with Gasteiger partial charge in [0.25, 0.3) is 0 Å². The van der Waals surface area contributed by atoms with Crippen molar-refractivity contribution in [1.29, 1.82) is 0 Å². The fourth-order valence-corrected chi connectivity index (χ4v) is 2.91. The van der Waals surface area contributed by atoms with E-state index in [0.717, 1.165) is 27.0 Å². The molecule has 3 rings (SSSR count). The van der Waals surface area contributed by atoms with Gasteiger partial charge in [-0.05, 0) is 53.2 Å². The van der Waals surface area contributed by atoms with Crippen molar-refractivity contribution in [3.8, 4) is 5.69 Å². The summed E-state index contributed by atoms with van der Waals surface area (Å²) in [6, 6.07) is 10.4. The Hall–Kier alpha value is -1.85. The maximum absolute atomic E-state index is 11.2. The van der Waals surface area contributed by atoms with Crippen LogP contribution in [-0.2, 0) is 0 Å². The highest BCUT2D eigenvalue weighted by Gasteiger charge is 2.15. The van der Waals surface area contributed by atoms with Crippen molar-refractivity contribution in [2.45, 2.75) is 6.92 Å². The van der Waals surface area contributed by atoms with Crippen LogP contribution in [-0.4, -0.2) is 20.6 Å². The number of nitrogens with zero attached hydrogens (tertiary/aromatic N) is 2. The second kappa shape index (κ2) is 5.16. The first-order valence-electron chi connectivity index (χ1n) is 6.16. The number of carbonyl (C=O) groups is 1. The van der Waals surface area contributed by atoms with Gasteiger partial charge in [-0.1, -0.05) is 17.7 Å². The number of rotatable bonds is 2. The van der Waals surface area contributed by atoms with Crippen LogP contribution in [0, 0.1) is 6.92 Å². The topological polar surface area (TPSA) is 55.1 Å². The molecule has 0 saturated heterocycles. The van der Waals surface area contributed by atoms with Crippen LogP contribution in [0.4, 0.5) is 0 Å². The van der Waals surface area contributed by atoms with E-state index in [0.29, 0.717) is 5.02 Å². The zero-order valence-corrected chi connectivity index (χ0v) is 13.3. The van der Waals surface area contributed by atoms with Gasteiger partial charge in [0, 0.05) is 0 Å². The van der Waals surface area contributed by atoms with Crippen LogP contribution in [0.1, 0.15) is 16.2 Å². The highest BCUT2D eigenvalue weighted by molar-refractivity contribution is 9.10. The lowest BCUT2D eigenvalue weighted by molar-refractivity contribution is 0.0697. The van der Waals surface area contributed by atoms with Crippen LogP contribution < -0.4 is 0 Å². The molecule has 6 heteroatoms. The molecule has 1 heterocycles. The SMILES string of the molecule is Cc1nc2ccc(C(=O)O)cc2n1-c1cccc(Cl)c1Br. The molecule has 0 aliphatic rings. The van der Waals surface area contributed by atoms with Crippen LogP contribution in [0.15, 0.2) is 40.9 Å². The minimum Gasteiger partial charge on any atom is -0.478 e. The van der Waals surface area contributed by atoms with Gasteiger partial charge in [-0.2, -0.15) is 0 Å². The van der Waals surface area contributed by atoms with Crippen molar-refractivity contribution in [3.63, 3.8) is 0 Å². The first kappa shape index (κ1) is 14.1. The second-order valence-corrected chi connectivity index (χ2v) is 5.78. The van der Waals surface area contributed by atoms with Gasteiger partial charge >= 0.3 is 5.97 Å². The van der Waals surface area contributed by atoms with E-state index in [1.54, 1.807) is 24.3 Å². The van der Waals surface area contributed by atoms with Gasteiger partial charge < -0.3 is 5.11 Å². The molecule has 0 bridgehead atoms. The van der Waals surface area contributed by atoms with Crippen LogP contribution >= 0.6 is 27.5 Å². The molecule has 1 aromatic heterocycles. The van der Waals surface area contributed by atoms with Crippen LogP contribution in [0.2, 0.25) is 5.02 Å². The average molecular weight is 366 g/mol. The van der Waals surface area contributed by atoms with Crippen molar-refractivity contribution < 1.29 is 9.90 Å². The fraction of sp³-hybridized carbons (Fsp3) is 0.0667. The van der Waals surface area contributed by atoms with Gasteiger partial charge in [0.1, 0.15) is 5.82 Å². The zero-order chi connectivity index (χ0) is 15.1. The molecule has 0 spiro atoms. The summed E-state index contributed by atoms with van der Waals surface area (Å²) in [5, 5.41) is 9.74. The summed E-state index contributed by atoms with van der Waals surface area (Å²) >= 11 is 9.61. The van der Waals surface area contributed by atoms with Gasteiger partial charge in [0.05, 0.1) is 31.8 Å². The summed E-state index contributed by atoms with van der Waals surface area (Å²) in [7, 11) is 0. The maximum atomic E-state index is 11.2. The van der Waals surface area contributed by atoms with Crippen molar-refractivity contribution in [2.75, 3.05) is 0 Å². The molecule has 0 aliphatic carbocycles. The van der Waals surface area contributed by atoms with E-state index in [2.05, 4.69) is 20.9 Å². The predicted octanol–water partition coefficient (Wildman–Crippen LogP) is 4.45. The van der Waals surface area contributed by atoms with E-state index in [1.165, 1.54) is 0 Å². The van der Waals surface area contributed by atoms with E-state index in [-0.39, 0.29) is 5.56 Å². The standard InChI is InChI=1S/C15H10BrClN2O2/c1-8-18-11-6-5-9(15(20)21)7-13(11)19(8)12-4-2-3-10(17)14(12)16/h2-7H,1H3,(H,20,21). The normalized spacial score (nSPS) is 11.0. The second-order valence-electron chi connectivity index (χ2n) is 4.58. The molecule has 21 heavy (non-hydrogen) atoms. The Bertz CT molecular complexity index is 873. The first-order chi connectivity index (χ1) is 9.99. The van der Waals surface area contributed by atoms with Gasteiger partial charge in [-0.3, -0.25) is 4.57 Å². The largest absolute Gasteiger partial charge is 0.478 e. The molecule has 0 amide bonds. The minimum absolute atomic E-state index is 0.224. The Morgan fingerprint density at radius 2 is 2.10 bits per heavy atom. The predicted molar refractivity (Wildman–Crippen MR) is 85.5 cm³/mol. The Balaban J connectivity index is 2.36. The van der Waals surface area contributed by atoms with E-state index in [1.807, 2.05) is 23.6 Å². The number of aryl methyl sites for hydroxylation is 1. The lowest BCUT2D eigenvalue weighted by Gasteiger charge is -2.10. The molecule has 2 aromatic carbocycles. The third-order valence-corrected chi connectivity index (χ3v) is 4.62. The molecule has 0 saturated carbocycles. The summed E-state index contributed by atoms with van der Waals surface area (Å²) in [5.74, 6) is -0.206. The molecule has 3 aromatic rings. The number of hydrogen-bond acceptors (Lipinski definition) is 2. The summed E-state index contributed by atoms with van der Waals surface area (Å²) in [6.45, 7) is 1.87. The van der Waals surface area contributed by atoms with Crippen molar-refractivity contribution in [2.24, 2.45) is 0 Å².